The van der Waals surface area contributed by atoms with Gasteiger partial charge in [0.15, 0.2) is 0 Å². The van der Waals surface area contributed by atoms with Crippen molar-refractivity contribution < 1.29 is 15.3 Å². The minimum atomic E-state index is -0.247. The predicted octanol–water partition coefficient (Wildman–Crippen LogP) is 7.49. The lowest BCUT2D eigenvalue weighted by atomic mass is 9.33. The van der Waals surface area contributed by atoms with E-state index < -0.39 is 0 Å². The third kappa shape index (κ3) is 2.91. The van der Waals surface area contributed by atoms with Crippen molar-refractivity contribution >= 4 is 0 Å². The van der Waals surface area contributed by atoms with Crippen molar-refractivity contribution in [2.45, 2.75) is 119 Å². The summed E-state index contributed by atoms with van der Waals surface area (Å²) in [5, 5.41) is 21.3. The molecule has 0 bridgehead atoms. The van der Waals surface area contributed by atoms with Crippen LogP contribution in [0.25, 0.3) is 0 Å². The van der Waals surface area contributed by atoms with Crippen LogP contribution in [0.3, 0.4) is 0 Å². The highest BCUT2D eigenvalue weighted by molar-refractivity contribution is 5.35. The fraction of sp³-hybridized carbons (Fsp3) is 0.933. The van der Waals surface area contributed by atoms with Crippen LogP contribution in [0.5, 0.6) is 0 Å². The van der Waals surface area contributed by atoms with Gasteiger partial charge in [-0.1, -0.05) is 67.0 Å². The smallest absolute Gasteiger partial charge is 0.115 e. The summed E-state index contributed by atoms with van der Waals surface area (Å²) in [6.07, 6.45) is 11.4. The molecular formula is C30H50O3. The molecule has 3 nitrogen and oxygen atoms in total. The molecule has 33 heavy (non-hydrogen) atoms. The predicted molar refractivity (Wildman–Crippen MR) is 134 cm³/mol. The SMILES string of the molecule is CC1CCC2(C)CCC3(C)C(=CC(OO)C4C5(C)CCC(O)C(C)(C)C5CCC43C)C2C1C. The first kappa shape index (κ1) is 24.3. The quantitative estimate of drug-likeness (QED) is 0.243. The second-order valence-corrected chi connectivity index (χ2v) is 14.9. The van der Waals surface area contributed by atoms with E-state index in [2.05, 4.69) is 61.5 Å². The number of aliphatic hydroxyl groups is 1. The van der Waals surface area contributed by atoms with E-state index in [0.29, 0.717) is 23.2 Å². The Morgan fingerprint density at radius 1 is 0.879 bits per heavy atom. The average Bonchev–Trinajstić information content (AvgIpc) is 2.74. The van der Waals surface area contributed by atoms with E-state index in [0.717, 1.165) is 25.2 Å². The number of hydrogen-bond donors (Lipinski definition) is 2. The van der Waals surface area contributed by atoms with Crippen LogP contribution in [-0.2, 0) is 4.89 Å². The lowest BCUT2D eigenvalue weighted by Gasteiger charge is -2.72. The molecule has 0 aromatic rings. The molecule has 0 heterocycles. The Kier molecular flexibility index (Phi) is 5.40. The lowest BCUT2D eigenvalue weighted by Crippen LogP contribution is -2.67. The maximum atomic E-state index is 10.9. The third-order valence-corrected chi connectivity index (χ3v) is 13.4. The van der Waals surface area contributed by atoms with Gasteiger partial charge in [-0.15, -0.1) is 0 Å². The summed E-state index contributed by atoms with van der Waals surface area (Å²) in [7, 11) is 0. The van der Waals surface area contributed by atoms with Gasteiger partial charge in [-0.25, -0.2) is 4.89 Å². The average molecular weight is 459 g/mol. The molecule has 5 aliphatic rings. The maximum Gasteiger partial charge on any atom is 0.115 e. The third-order valence-electron chi connectivity index (χ3n) is 13.4. The van der Waals surface area contributed by atoms with Crippen molar-refractivity contribution in [3.8, 4) is 0 Å². The first-order valence-electron chi connectivity index (χ1n) is 14.0. The van der Waals surface area contributed by atoms with Gasteiger partial charge in [-0.3, -0.25) is 5.26 Å². The highest BCUT2D eigenvalue weighted by atomic mass is 17.1. The second kappa shape index (κ2) is 7.32. The van der Waals surface area contributed by atoms with Crippen LogP contribution < -0.4 is 0 Å². The summed E-state index contributed by atoms with van der Waals surface area (Å²) in [4.78, 5) is 5.46. The highest BCUT2D eigenvalue weighted by Gasteiger charge is 2.70. The summed E-state index contributed by atoms with van der Waals surface area (Å²) in [5.74, 6) is 2.73. The van der Waals surface area contributed by atoms with Crippen LogP contribution in [0.15, 0.2) is 11.6 Å². The summed E-state index contributed by atoms with van der Waals surface area (Å²) in [5.41, 5.74) is 2.19. The Hall–Kier alpha value is -0.380. The molecule has 0 aromatic carbocycles. The fourth-order valence-corrected chi connectivity index (χ4v) is 11.0. The highest BCUT2D eigenvalue weighted by Crippen LogP contribution is 2.75. The molecule has 188 valence electrons. The van der Waals surface area contributed by atoms with E-state index in [1.165, 1.54) is 32.1 Å². The molecule has 0 aromatic heterocycles. The number of hydrogen-bond acceptors (Lipinski definition) is 3. The molecule has 5 aliphatic carbocycles. The molecule has 4 saturated carbocycles. The maximum absolute atomic E-state index is 10.9. The molecule has 0 amide bonds. The molecule has 0 spiro atoms. The van der Waals surface area contributed by atoms with Gasteiger partial charge >= 0.3 is 0 Å². The van der Waals surface area contributed by atoms with Gasteiger partial charge < -0.3 is 5.11 Å². The van der Waals surface area contributed by atoms with Crippen LogP contribution >= 0.6 is 0 Å². The first-order valence-corrected chi connectivity index (χ1v) is 14.0. The standard InChI is InChI=1S/C30H50O3/c1-18-9-12-27(5)15-16-29(7)20(24(27)19(18)2)17-21(33-32)25-28(6)13-11-23(31)26(3,4)22(28)10-14-30(25,29)8/h17-19,21-25,31-32H,9-16H2,1-8H3. The monoisotopic (exact) mass is 458 g/mol. The fourth-order valence-electron chi connectivity index (χ4n) is 11.0. The largest absolute Gasteiger partial charge is 0.393 e. The van der Waals surface area contributed by atoms with Gasteiger partial charge in [0.1, 0.15) is 6.10 Å². The molecule has 5 rings (SSSR count). The Bertz CT molecular complexity index is 832. The van der Waals surface area contributed by atoms with Crippen molar-refractivity contribution in [1.82, 2.24) is 0 Å². The van der Waals surface area contributed by atoms with Crippen LogP contribution in [0, 0.1) is 56.7 Å². The van der Waals surface area contributed by atoms with Gasteiger partial charge in [0.2, 0.25) is 0 Å². The molecule has 4 fully saturated rings. The van der Waals surface area contributed by atoms with Gasteiger partial charge in [0.25, 0.3) is 0 Å². The van der Waals surface area contributed by atoms with Crippen molar-refractivity contribution in [2.24, 2.45) is 56.7 Å². The molecule has 3 heteroatoms. The summed E-state index contributed by atoms with van der Waals surface area (Å²) < 4.78 is 0. The van der Waals surface area contributed by atoms with E-state index >= 15 is 0 Å². The molecule has 0 radical (unpaired) electrons. The Labute approximate surface area is 202 Å². The van der Waals surface area contributed by atoms with Crippen LogP contribution in [0.4, 0.5) is 0 Å². The zero-order chi connectivity index (χ0) is 24.2. The van der Waals surface area contributed by atoms with E-state index in [9.17, 15) is 10.4 Å². The zero-order valence-electron chi connectivity index (χ0n) is 22.6. The van der Waals surface area contributed by atoms with Gasteiger partial charge in [-0.2, -0.15) is 0 Å². The van der Waals surface area contributed by atoms with E-state index in [1.54, 1.807) is 5.57 Å². The molecule has 11 unspecified atom stereocenters. The van der Waals surface area contributed by atoms with Crippen LogP contribution in [0.2, 0.25) is 0 Å². The van der Waals surface area contributed by atoms with Crippen LogP contribution in [-0.4, -0.2) is 22.6 Å². The van der Waals surface area contributed by atoms with Crippen molar-refractivity contribution in [3.05, 3.63) is 11.6 Å². The van der Waals surface area contributed by atoms with Gasteiger partial charge in [0.05, 0.1) is 6.10 Å². The molecule has 2 N–H and O–H groups in total. The summed E-state index contributed by atoms with van der Waals surface area (Å²) in [6.45, 7) is 19.7. The minimum absolute atomic E-state index is 0.0559. The normalized spacial score (nSPS) is 57.8. The minimum Gasteiger partial charge on any atom is -0.393 e. The first-order chi connectivity index (χ1) is 15.3. The number of rotatable bonds is 1. The molecular weight excluding hydrogens is 408 g/mol. The lowest BCUT2D eigenvalue weighted by molar-refractivity contribution is -0.323. The Morgan fingerprint density at radius 2 is 1.58 bits per heavy atom. The number of allylic oxidation sites excluding steroid dienone is 1. The van der Waals surface area contributed by atoms with Crippen molar-refractivity contribution in [2.75, 3.05) is 0 Å². The molecule has 0 aliphatic heterocycles. The topological polar surface area (TPSA) is 49.7 Å². The second-order valence-electron chi connectivity index (χ2n) is 14.9. The van der Waals surface area contributed by atoms with Gasteiger partial charge in [-0.05, 0) is 102 Å². The van der Waals surface area contributed by atoms with Crippen LogP contribution in [0.1, 0.15) is 107 Å². The summed E-state index contributed by atoms with van der Waals surface area (Å²) >= 11 is 0. The number of fused-ring (bicyclic) bond motifs is 7. The van der Waals surface area contributed by atoms with Gasteiger partial charge in [0, 0.05) is 5.92 Å². The van der Waals surface area contributed by atoms with E-state index in [4.69, 9.17) is 4.89 Å². The molecule has 11 atom stereocenters. The van der Waals surface area contributed by atoms with Crippen molar-refractivity contribution in [1.29, 1.82) is 0 Å². The Morgan fingerprint density at radius 3 is 2.24 bits per heavy atom. The van der Waals surface area contributed by atoms with Crippen molar-refractivity contribution in [3.63, 3.8) is 0 Å². The molecule has 0 saturated heterocycles. The number of aliphatic hydroxyl groups excluding tert-OH is 1. The summed E-state index contributed by atoms with van der Waals surface area (Å²) in [6, 6.07) is 0. The Balaban J connectivity index is 1.66. The van der Waals surface area contributed by atoms with E-state index in [-0.39, 0.29) is 39.8 Å². The van der Waals surface area contributed by atoms with E-state index in [1.807, 2.05) is 0 Å². The zero-order valence-corrected chi connectivity index (χ0v) is 22.6.